The van der Waals surface area contributed by atoms with Crippen molar-refractivity contribution < 1.29 is 4.39 Å². The zero-order valence-corrected chi connectivity index (χ0v) is 13.2. The predicted octanol–water partition coefficient (Wildman–Crippen LogP) is 4.43. The van der Waals surface area contributed by atoms with Gasteiger partial charge >= 0.3 is 0 Å². The Morgan fingerprint density at radius 3 is 2.45 bits per heavy atom. The number of hydrogen-bond acceptors (Lipinski definition) is 3. The molecule has 0 saturated heterocycles. The highest BCUT2D eigenvalue weighted by Crippen LogP contribution is 2.27. The smallest absolute Gasteiger partial charge is 0.123 e. The van der Waals surface area contributed by atoms with Crippen LogP contribution < -0.4 is 5.32 Å². The number of nitrogens with one attached hydrogen (secondary N) is 1. The van der Waals surface area contributed by atoms with E-state index >= 15 is 0 Å². The minimum atomic E-state index is -0.196. The number of thiazole rings is 1. The lowest BCUT2D eigenvalue weighted by molar-refractivity contribution is 0.574. The Hall–Kier alpha value is -1.26. The molecule has 2 aromatic rings. The van der Waals surface area contributed by atoms with Gasteiger partial charge in [0.25, 0.3) is 0 Å². The van der Waals surface area contributed by atoms with E-state index in [2.05, 4.69) is 38.0 Å². The van der Waals surface area contributed by atoms with Gasteiger partial charge in [-0.3, -0.25) is 0 Å². The highest BCUT2D eigenvalue weighted by molar-refractivity contribution is 7.11. The number of hydrogen-bond donors (Lipinski definition) is 1. The third-order valence-electron chi connectivity index (χ3n) is 3.15. The maximum absolute atomic E-state index is 12.9. The van der Waals surface area contributed by atoms with Crippen molar-refractivity contribution in [1.29, 1.82) is 0 Å². The molecule has 2 rings (SSSR count). The van der Waals surface area contributed by atoms with E-state index in [0.29, 0.717) is 0 Å². The molecule has 0 aliphatic carbocycles. The Kier molecular flexibility index (Phi) is 4.55. The topological polar surface area (TPSA) is 24.9 Å². The molecule has 108 valence electrons. The van der Waals surface area contributed by atoms with E-state index in [-0.39, 0.29) is 17.3 Å². The van der Waals surface area contributed by atoms with E-state index in [1.54, 1.807) is 11.3 Å². The van der Waals surface area contributed by atoms with Gasteiger partial charge in [0, 0.05) is 29.1 Å². The van der Waals surface area contributed by atoms with E-state index in [0.717, 1.165) is 17.1 Å². The summed E-state index contributed by atoms with van der Waals surface area (Å²) in [6, 6.07) is 6.83. The van der Waals surface area contributed by atoms with E-state index in [1.165, 1.54) is 17.0 Å². The number of nitrogens with zero attached hydrogens (tertiary/aromatic N) is 1. The van der Waals surface area contributed by atoms with E-state index in [1.807, 2.05) is 18.3 Å². The van der Waals surface area contributed by atoms with Gasteiger partial charge in [0.2, 0.25) is 0 Å². The van der Waals surface area contributed by atoms with Gasteiger partial charge in [0.15, 0.2) is 0 Å². The number of benzene rings is 1. The second kappa shape index (κ2) is 6.02. The summed E-state index contributed by atoms with van der Waals surface area (Å²) in [5.41, 5.74) is 1.19. The molecule has 1 aromatic heterocycles. The Bertz CT molecular complexity index is 555. The van der Waals surface area contributed by atoms with Crippen molar-refractivity contribution in [1.82, 2.24) is 10.3 Å². The van der Waals surface area contributed by atoms with Crippen molar-refractivity contribution >= 4 is 11.3 Å². The fraction of sp³-hybridized carbons (Fsp3) is 0.438. The molecule has 1 atom stereocenters. The second-order valence-corrected chi connectivity index (χ2v) is 7.15. The van der Waals surface area contributed by atoms with Crippen LogP contribution in [0.5, 0.6) is 0 Å². The first-order valence-electron chi connectivity index (χ1n) is 6.80. The van der Waals surface area contributed by atoms with Crippen LogP contribution >= 0.6 is 11.3 Å². The average Bonchev–Trinajstić information content (AvgIpc) is 2.85. The van der Waals surface area contributed by atoms with Crippen molar-refractivity contribution in [3.8, 4) is 0 Å². The monoisotopic (exact) mass is 292 g/mol. The highest BCUT2D eigenvalue weighted by Gasteiger charge is 2.18. The largest absolute Gasteiger partial charge is 0.305 e. The van der Waals surface area contributed by atoms with Crippen molar-refractivity contribution in [2.24, 2.45) is 0 Å². The lowest BCUT2D eigenvalue weighted by Crippen LogP contribution is -2.17. The first kappa shape index (κ1) is 15.1. The van der Waals surface area contributed by atoms with Gasteiger partial charge in [0.05, 0.1) is 5.01 Å². The molecule has 2 nitrogen and oxygen atoms in total. The molecular formula is C16H21FN2S. The quantitative estimate of drug-likeness (QED) is 0.901. The molecule has 0 aliphatic rings. The van der Waals surface area contributed by atoms with Crippen LogP contribution in [0.4, 0.5) is 4.39 Å². The summed E-state index contributed by atoms with van der Waals surface area (Å²) in [4.78, 5) is 5.70. The molecule has 4 heteroatoms. The molecule has 0 fully saturated rings. The molecule has 1 heterocycles. The number of halogens is 1. The summed E-state index contributed by atoms with van der Waals surface area (Å²) in [5, 5.41) is 4.60. The molecule has 0 aliphatic heterocycles. The van der Waals surface area contributed by atoms with Crippen LogP contribution in [0.3, 0.4) is 0 Å². The Balaban J connectivity index is 1.95. The van der Waals surface area contributed by atoms with Gasteiger partial charge in [-0.1, -0.05) is 32.9 Å². The normalized spacial score (nSPS) is 13.4. The molecule has 1 unspecified atom stereocenters. The van der Waals surface area contributed by atoms with Gasteiger partial charge in [0.1, 0.15) is 5.82 Å². The summed E-state index contributed by atoms with van der Waals surface area (Å²) in [5.74, 6) is -0.196. The highest BCUT2D eigenvalue weighted by atomic mass is 32.1. The minimum absolute atomic E-state index is 0.103. The predicted molar refractivity (Wildman–Crippen MR) is 82.5 cm³/mol. The van der Waals surface area contributed by atoms with Crippen LogP contribution in [-0.4, -0.2) is 4.98 Å². The standard InChI is InChI=1S/C16H21FN2S/c1-11(12-5-7-13(17)8-6-12)18-9-14-10-19-15(20-14)16(2,3)4/h5-8,10-11,18H,9H2,1-4H3. The number of rotatable bonds is 4. The first-order valence-corrected chi connectivity index (χ1v) is 7.62. The van der Waals surface area contributed by atoms with Crippen molar-refractivity contribution in [3.05, 3.63) is 51.7 Å². The van der Waals surface area contributed by atoms with Crippen molar-refractivity contribution in [2.75, 3.05) is 0 Å². The van der Waals surface area contributed by atoms with Gasteiger partial charge in [-0.15, -0.1) is 11.3 Å². The van der Waals surface area contributed by atoms with E-state index in [9.17, 15) is 4.39 Å². The summed E-state index contributed by atoms with van der Waals surface area (Å²) >= 11 is 1.75. The fourth-order valence-corrected chi connectivity index (χ4v) is 2.78. The maximum Gasteiger partial charge on any atom is 0.123 e. The van der Waals surface area contributed by atoms with Gasteiger partial charge < -0.3 is 5.32 Å². The molecule has 0 amide bonds. The van der Waals surface area contributed by atoms with Crippen LogP contribution in [0.2, 0.25) is 0 Å². The lowest BCUT2D eigenvalue weighted by Gasteiger charge is -2.14. The van der Waals surface area contributed by atoms with E-state index in [4.69, 9.17) is 0 Å². The summed E-state index contributed by atoms with van der Waals surface area (Å²) in [6.07, 6.45) is 1.94. The summed E-state index contributed by atoms with van der Waals surface area (Å²) in [7, 11) is 0. The second-order valence-electron chi connectivity index (χ2n) is 6.04. The molecule has 0 radical (unpaired) electrons. The summed E-state index contributed by atoms with van der Waals surface area (Å²) < 4.78 is 12.9. The SMILES string of the molecule is CC(NCc1cnc(C(C)(C)C)s1)c1ccc(F)cc1. The molecular weight excluding hydrogens is 271 g/mol. The lowest BCUT2D eigenvalue weighted by atomic mass is 9.98. The van der Waals surface area contributed by atoms with Crippen molar-refractivity contribution in [2.45, 2.75) is 45.7 Å². The van der Waals surface area contributed by atoms with Gasteiger partial charge in [-0.05, 0) is 24.6 Å². The van der Waals surface area contributed by atoms with E-state index < -0.39 is 0 Å². The van der Waals surface area contributed by atoms with Crippen LogP contribution in [0.1, 0.15) is 49.2 Å². The first-order chi connectivity index (χ1) is 9.36. The third kappa shape index (κ3) is 3.87. The maximum atomic E-state index is 12.9. The molecule has 20 heavy (non-hydrogen) atoms. The molecule has 0 saturated carbocycles. The Morgan fingerprint density at radius 1 is 1.25 bits per heavy atom. The molecule has 1 aromatic carbocycles. The summed E-state index contributed by atoms with van der Waals surface area (Å²) in [6.45, 7) is 9.38. The van der Waals surface area contributed by atoms with Crippen LogP contribution in [0.25, 0.3) is 0 Å². The molecule has 1 N–H and O–H groups in total. The minimum Gasteiger partial charge on any atom is -0.305 e. The number of aromatic nitrogens is 1. The van der Waals surface area contributed by atoms with Crippen LogP contribution in [0, 0.1) is 5.82 Å². The van der Waals surface area contributed by atoms with Gasteiger partial charge in [-0.2, -0.15) is 0 Å². The molecule has 0 bridgehead atoms. The van der Waals surface area contributed by atoms with Crippen LogP contribution in [0.15, 0.2) is 30.5 Å². The Labute approximate surface area is 124 Å². The third-order valence-corrected chi connectivity index (χ3v) is 4.57. The zero-order valence-electron chi connectivity index (χ0n) is 12.4. The van der Waals surface area contributed by atoms with Crippen molar-refractivity contribution in [3.63, 3.8) is 0 Å². The molecule has 0 spiro atoms. The Morgan fingerprint density at radius 2 is 1.90 bits per heavy atom. The van der Waals surface area contributed by atoms with Crippen LogP contribution in [-0.2, 0) is 12.0 Å². The van der Waals surface area contributed by atoms with Gasteiger partial charge in [-0.25, -0.2) is 9.37 Å². The average molecular weight is 292 g/mol. The fourth-order valence-electron chi connectivity index (χ4n) is 1.86. The zero-order chi connectivity index (χ0) is 14.8.